The highest BCUT2D eigenvalue weighted by atomic mass is 16.2. The summed E-state index contributed by atoms with van der Waals surface area (Å²) < 4.78 is 0. The first-order chi connectivity index (χ1) is 11.0. The average molecular weight is 317 g/mol. The van der Waals surface area contributed by atoms with E-state index in [1.807, 2.05) is 24.3 Å². The fourth-order valence-electron chi connectivity index (χ4n) is 2.48. The molecule has 1 aliphatic rings. The Morgan fingerprint density at radius 1 is 1.13 bits per heavy atom. The maximum Gasteiger partial charge on any atom is 0.233 e. The van der Waals surface area contributed by atoms with E-state index in [0.29, 0.717) is 37.8 Å². The largest absolute Gasteiger partial charge is 0.342 e. The molecule has 1 fully saturated rings. The van der Waals surface area contributed by atoms with Gasteiger partial charge in [-0.2, -0.15) is 0 Å². The number of hydrogen-bond acceptors (Lipinski definition) is 3. The molecule has 0 atom stereocenters. The molecule has 6 nitrogen and oxygen atoms in total. The number of hydrogen-bond donors (Lipinski definition) is 1. The number of nitrogens with one attached hydrogen (secondary N) is 1. The van der Waals surface area contributed by atoms with E-state index in [2.05, 4.69) is 19.2 Å². The molecule has 23 heavy (non-hydrogen) atoms. The standard InChI is InChI=1S/C17H23N3O3/c1-13(2)14-3-5-15(6-4-14)18-16(22)11-17(23)20-9-7-19(12-21)8-10-20/h3-6,12-13H,7-11H2,1-2H3,(H,18,22). The van der Waals surface area contributed by atoms with Gasteiger partial charge in [0.05, 0.1) is 0 Å². The van der Waals surface area contributed by atoms with Gasteiger partial charge >= 0.3 is 0 Å². The molecule has 1 N–H and O–H groups in total. The van der Waals surface area contributed by atoms with Crippen molar-refractivity contribution in [1.29, 1.82) is 0 Å². The second-order valence-electron chi connectivity index (χ2n) is 6.02. The Morgan fingerprint density at radius 3 is 2.26 bits per heavy atom. The smallest absolute Gasteiger partial charge is 0.233 e. The molecule has 1 heterocycles. The van der Waals surface area contributed by atoms with Gasteiger partial charge in [0.15, 0.2) is 0 Å². The number of rotatable bonds is 5. The van der Waals surface area contributed by atoms with Crippen molar-refractivity contribution >= 4 is 23.9 Å². The zero-order valence-electron chi connectivity index (χ0n) is 13.6. The minimum atomic E-state index is -0.315. The zero-order valence-corrected chi connectivity index (χ0v) is 13.6. The van der Waals surface area contributed by atoms with Crippen LogP contribution in [-0.2, 0) is 14.4 Å². The lowest BCUT2D eigenvalue weighted by Gasteiger charge is -2.32. The molecule has 0 aliphatic carbocycles. The number of carbonyl (C=O) groups is 3. The van der Waals surface area contributed by atoms with Crippen molar-refractivity contribution < 1.29 is 14.4 Å². The highest BCUT2D eigenvalue weighted by molar-refractivity contribution is 6.03. The van der Waals surface area contributed by atoms with Gasteiger partial charge in [0.25, 0.3) is 0 Å². The van der Waals surface area contributed by atoms with E-state index in [1.165, 1.54) is 5.56 Å². The summed E-state index contributed by atoms with van der Waals surface area (Å²) in [5, 5.41) is 2.74. The van der Waals surface area contributed by atoms with Crippen LogP contribution in [0.4, 0.5) is 5.69 Å². The molecule has 124 valence electrons. The molecular formula is C17H23N3O3. The third-order valence-electron chi connectivity index (χ3n) is 3.99. The van der Waals surface area contributed by atoms with E-state index in [4.69, 9.17) is 0 Å². The minimum Gasteiger partial charge on any atom is -0.342 e. The third kappa shape index (κ3) is 4.81. The summed E-state index contributed by atoms with van der Waals surface area (Å²) in [5.41, 5.74) is 1.89. The van der Waals surface area contributed by atoms with Crippen molar-refractivity contribution in [2.45, 2.75) is 26.2 Å². The van der Waals surface area contributed by atoms with Crippen LogP contribution < -0.4 is 5.32 Å². The molecule has 0 unspecified atom stereocenters. The molecule has 1 aliphatic heterocycles. The molecule has 0 bridgehead atoms. The zero-order chi connectivity index (χ0) is 16.8. The van der Waals surface area contributed by atoms with Gasteiger partial charge in [-0.15, -0.1) is 0 Å². The summed E-state index contributed by atoms with van der Waals surface area (Å²) >= 11 is 0. The predicted molar refractivity (Wildman–Crippen MR) is 88.0 cm³/mol. The Hall–Kier alpha value is -2.37. The van der Waals surface area contributed by atoms with E-state index in [0.717, 1.165) is 6.41 Å². The van der Waals surface area contributed by atoms with Crippen LogP contribution >= 0.6 is 0 Å². The van der Waals surface area contributed by atoms with Gasteiger partial charge in [-0.1, -0.05) is 26.0 Å². The molecule has 1 aromatic rings. The Bertz CT molecular complexity index is 561. The normalized spacial score (nSPS) is 14.7. The molecule has 0 aromatic heterocycles. The second kappa shape index (κ2) is 7.76. The quantitative estimate of drug-likeness (QED) is 0.660. The van der Waals surface area contributed by atoms with Crippen molar-refractivity contribution in [3.63, 3.8) is 0 Å². The SMILES string of the molecule is CC(C)c1ccc(NC(=O)CC(=O)N2CCN(C=O)CC2)cc1. The molecule has 6 heteroatoms. The maximum absolute atomic E-state index is 12.1. The molecular weight excluding hydrogens is 294 g/mol. The van der Waals surface area contributed by atoms with Gasteiger partial charge in [0, 0.05) is 31.9 Å². The fourth-order valence-corrected chi connectivity index (χ4v) is 2.48. The lowest BCUT2D eigenvalue weighted by atomic mass is 10.0. The predicted octanol–water partition coefficient (Wildman–Crippen LogP) is 1.44. The summed E-state index contributed by atoms with van der Waals surface area (Å²) in [6, 6.07) is 7.64. The molecule has 1 saturated heterocycles. The van der Waals surface area contributed by atoms with Gasteiger partial charge in [0.2, 0.25) is 18.2 Å². The van der Waals surface area contributed by atoms with Crippen LogP contribution in [0.3, 0.4) is 0 Å². The summed E-state index contributed by atoms with van der Waals surface area (Å²) in [6.07, 6.45) is 0.613. The first kappa shape index (κ1) is 17.0. The number of carbonyl (C=O) groups excluding carboxylic acids is 3. The highest BCUT2D eigenvalue weighted by Gasteiger charge is 2.22. The summed E-state index contributed by atoms with van der Waals surface area (Å²) in [7, 11) is 0. The Morgan fingerprint density at radius 2 is 1.74 bits per heavy atom. The van der Waals surface area contributed by atoms with Crippen molar-refractivity contribution in [1.82, 2.24) is 9.80 Å². The van der Waals surface area contributed by atoms with Crippen LogP contribution in [0.15, 0.2) is 24.3 Å². The Labute approximate surface area is 136 Å². The van der Waals surface area contributed by atoms with E-state index in [9.17, 15) is 14.4 Å². The van der Waals surface area contributed by atoms with Crippen molar-refractivity contribution in [3.05, 3.63) is 29.8 Å². The summed E-state index contributed by atoms with van der Waals surface area (Å²) in [4.78, 5) is 38.0. The summed E-state index contributed by atoms with van der Waals surface area (Å²) in [5.74, 6) is -0.0803. The Kier molecular flexibility index (Phi) is 5.73. The van der Waals surface area contributed by atoms with Crippen LogP contribution in [-0.4, -0.2) is 54.2 Å². The van der Waals surface area contributed by atoms with E-state index < -0.39 is 0 Å². The lowest BCUT2D eigenvalue weighted by molar-refractivity contribution is -0.137. The molecule has 3 amide bonds. The molecule has 0 saturated carbocycles. The highest BCUT2D eigenvalue weighted by Crippen LogP contribution is 2.17. The van der Waals surface area contributed by atoms with Crippen molar-refractivity contribution in [3.8, 4) is 0 Å². The van der Waals surface area contributed by atoms with Gasteiger partial charge in [-0.05, 0) is 23.6 Å². The number of nitrogens with zero attached hydrogens (tertiary/aromatic N) is 2. The van der Waals surface area contributed by atoms with Gasteiger partial charge in [0.1, 0.15) is 6.42 Å². The minimum absolute atomic E-state index is 0.174. The van der Waals surface area contributed by atoms with E-state index >= 15 is 0 Å². The number of benzene rings is 1. The van der Waals surface area contributed by atoms with E-state index in [-0.39, 0.29) is 18.2 Å². The number of anilines is 1. The molecule has 2 rings (SSSR count). The topological polar surface area (TPSA) is 69.7 Å². The maximum atomic E-state index is 12.1. The third-order valence-corrected chi connectivity index (χ3v) is 3.99. The van der Waals surface area contributed by atoms with Crippen molar-refractivity contribution in [2.75, 3.05) is 31.5 Å². The van der Waals surface area contributed by atoms with Gasteiger partial charge < -0.3 is 15.1 Å². The average Bonchev–Trinajstić information content (AvgIpc) is 2.55. The molecule has 0 spiro atoms. The monoisotopic (exact) mass is 317 g/mol. The van der Waals surface area contributed by atoms with Crippen LogP contribution in [0.1, 0.15) is 31.7 Å². The van der Waals surface area contributed by atoms with Gasteiger partial charge in [-0.3, -0.25) is 14.4 Å². The van der Waals surface area contributed by atoms with Crippen molar-refractivity contribution in [2.24, 2.45) is 0 Å². The number of piperazine rings is 1. The van der Waals surface area contributed by atoms with Crippen LogP contribution in [0.2, 0.25) is 0 Å². The fraction of sp³-hybridized carbons (Fsp3) is 0.471. The first-order valence-electron chi connectivity index (χ1n) is 7.86. The first-order valence-corrected chi connectivity index (χ1v) is 7.86. The van der Waals surface area contributed by atoms with Gasteiger partial charge in [-0.25, -0.2) is 0 Å². The van der Waals surface area contributed by atoms with Crippen LogP contribution in [0, 0.1) is 0 Å². The Balaban J connectivity index is 1.82. The lowest BCUT2D eigenvalue weighted by Crippen LogP contribution is -2.48. The van der Waals surface area contributed by atoms with Crippen LogP contribution in [0.5, 0.6) is 0 Å². The molecule has 0 radical (unpaired) electrons. The number of amides is 3. The van der Waals surface area contributed by atoms with Crippen LogP contribution in [0.25, 0.3) is 0 Å². The second-order valence-corrected chi connectivity index (χ2v) is 6.02. The van der Waals surface area contributed by atoms with E-state index in [1.54, 1.807) is 9.80 Å². The molecule has 1 aromatic carbocycles. The summed E-state index contributed by atoms with van der Waals surface area (Å²) in [6.45, 7) is 6.22.